The largest absolute Gasteiger partial charge is 0.487 e. The maximum Gasteiger partial charge on any atom is 0.311 e. The van der Waals surface area contributed by atoms with Gasteiger partial charge in [-0.25, -0.2) is 0 Å². The monoisotopic (exact) mass is 425 g/mol. The predicted octanol–water partition coefficient (Wildman–Crippen LogP) is 4.65. The van der Waals surface area contributed by atoms with Crippen LogP contribution >= 0.6 is 0 Å². The van der Waals surface area contributed by atoms with Crippen LogP contribution in [0.4, 0.5) is 11.4 Å². The van der Waals surface area contributed by atoms with E-state index in [0.717, 1.165) is 25.7 Å². The molecule has 31 heavy (non-hydrogen) atoms. The summed E-state index contributed by atoms with van der Waals surface area (Å²) in [4.78, 5) is 37.8. The van der Waals surface area contributed by atoms with Gasteiger partial charge in [-0.2, -0.15) is 0 Å². The van der Waals surface area contributed by atoms with Gasteiger partial charge in [0.25, 0.3) is 11.8 Å². The van der Waals surface area contributed by atoms with Crippen LogP contribution < -0.4 is 10.1 Å². The van der Waals surface area contributed by atoms with Crippen LogP contribution in [0.2, 0.25) is 0 Å². The molecule has 0 bridgehead atoms. The van der Waals surface area contributed by atoms with Gasteiger partial charge in [0, 0.05) is 36.0 Å². The Morgan fingerprint density at radius 2 is 1.74 bits per heavy atom. The molecule has 3 rings (SSSR count). The molecule has 0 spiro atoms. The number of carbonyl (C=O) groups excluding carboxylic acids is 2. The van der Waals surface area contributed by atoms with Crippen LogP contribution in [0.5, 0.6) is 5.75 Å². The average molecular weight is 425 g/mol. The molecule has 0 heterocycles. The fourth-order valence-electron chi connectivity index (χ4n) is 3.82. The number of nitrogens with one attached hydrogen (secondary N) is 1. The number of hydrogen-bond acceptors (Lipinski definition) is 5. The van der Waals surface area contributed by atoms with Crippen LogP contribution in [-0.4, -0.2) is 41.3 Å². The summed E-state index contributed by atoms with van der Waals surface area (Å²) in [5.41, 5.74) is 0.940. The summed E-state index contributed by atoms with van der Waals surface area (Å²) in [6.45, 7) is 2.01. The molecule has 1 saturated carbocycles. The predicted molar refractivity (Wildman–Crippen MR) is 118 cm³/mol. The first-order valence-electron chi connectivity index (χ1n) is 10.5. The highest BCUT2D eigenvalue weighted by atomic mass is 16.6. The lowest BCUT2D eigenvalue weighted by Gasteiger charge is -2.31. The highest BCUT2D eigenvalue weighted by molar-refractivity contribution is 6.05. The van der Waals surface area contributed by atoms with Crippen molar-refractivity contribution in [2.45, 2.75) is 45.1 Å². The van der Waals surface area contributed by atoms with Crippen molar-refractivity contribution in [2.75, 3.05) is 19.0 Å². The van der Waals surface area contributed by atoms with Gasteiger partial charge in [-0.05, 0) is 56.2 Å². The fourth-order valence-corrected chi connectivity index (χ4v) is 3.82. The summed E-state index contributed by atoms with van der Waals surface area (Å²) in [6, 6.07) is 11.0. The Labute approximate surface area is 181 Å². The molecule has 2 aromatic carbocycles. The third-order valence-electron chi connectivity index (χ3n) is 5.55. The summed E-state index contributed by atoms with van der Waals surface area (Å²) >= 11 is 0. The van der Waals surface area contributed by atoms with Gasteiger partial charge in [-0.1, -0.05) is 19.3 Å². The number of anilines is 1. The van der Waals surface area contributed by atoms with Gasteiger partial charge >= 0.3 is 5.69 Å². The number of benzene rings is 2. The summed E-state index contributed by atoms with van der Waals surface area (Å²) in [5, 5.41) is 14.0. The van der Waals surface area contributed by atoms with Crippen molar-refractivity contribution in [3.8, 4) is 5.75 Å². The van der Waals surface area contributed by atoms with Gasteiger partial charge < -0.3 is 15.0 Å². The first kappa shape index (κ1) is 22.3. The molecule has 0 aromatic heterocycles. The lowest BCUT2D eigenvalue weighted by Crippen LogP contribution is -2.38. The minimum absolute atomic E-state index is 0.0353. The molecule has 8 nitrogen and oxygen atoms in total. The Morgan fingerprint density at radius 3 is 2.35 bits per heavy atom. The second-order valence-electron chi connectivity index (χ2n) is 7.61. The summed E-state index contributed by atoms with van der Waals surface area (Å²) < 4.78 is 5.24. The van der Waals surface area contributed by atoms with E-state index in [2.05, 4.69) is 5.32 Å². The van der Waals surface area contributed by atoms with Gasteiger partial charge in [0.2, 0.25) is 0 Å². The van der Waals surface area contributed by atoms with Crippen molar-refractivity contribution in [1.29, 1.82) is 0 Å². The first-order chi connectivity index (χ1) is 14.9. The Bertz CT molecular complexity index is 952. The Hall–Kier alpha value is -3.42. The SMILES string of the molecule is CCOc1ccc(C(=O)Nc2ccc(C(=O)N(C)C3CCCCC3)cc2)cc1[N+](=O)[O-]. The molecular weight excluding hydrogens is 398 g/mol. The van der Waals surface area contributed by atoms with Crippen molar-refractivity contribution < 1.29 is 19.2 Å². The quantitative estimate of drug-likeness (QED) is 0.514. The highest BCUT2D eigenvalue weighted by Gasteiger charge is 2.23. The van der Waals surface area contributed by atoms with Crippen molar-refractivity contribution in [2.24, 2.45) is 0 Å². The first-order valence-corrected chi connectivity index (χ1v) is 10.5. The van der Waals surface area contributed by atoms with E-state index in [1.54, 1.807) is 31.2 Å². The molecule has 0 saturated heterocycles. The number of amides is 2. The molecule has 2 amide bonds. The molecule has 0 unspecified atom stereocenters. The fraction of sp³-hybridized carbons (Fsp3) is 0.391. The molecule has 1 fully saturated rings. The van der Waals surface area contributed by atoms with Crippen LogP contribution in [0.1, 0.15) is 59.7 Å². The van der Waals surface area contributed by atoms with Crippen molar-refractivity contribution in [1.82, 2.24) is 4.90 Å². The second kappa shape index (κ2) is 10.1. The minimum Gasteiger partial charge on any atom is -0.487 e. The number of carbonyl (C=O) groups is 2. The number of rotatable bonds is 7. The molecule has 164 valence electrons. The topological polar surface area (TPSA) is 102 Å². The van der Waals surface area contributed by atoms with Gasteiger partial charge in [0.15, 0.2) is 5.75 Å². The lowest BCUT2D eigenvalue weighted by atomic mass is 9.94. The van der Waals surface area contributed by atoms with Crippen LogP contribution in [0.3, 0.4) is 0 Å². The highest BCUT2D eigenvalue weighted by Crippen LogP contribution is 2.28. The van der Waals surface area contributed by atoms with Gasteiger partial charge in [-0.3, -0.25) is 19.7 Å². The minimum atomic E-state index is -0.578. The molecule has 0 atom stereocenters. The molecule has 1 aliphatic rings. The van der Waals surface area contributed by atoms with Crippen LogP contribution in [0.15, 0.2) is 42.5 Å². The Kier molecular flexibility index (Phi) is 7.23. The van der Waals surface area contributed by atoms with Crippen LogP contribution in [0, 0.1) is 10.1 Å². The Balaban J connectivity index is 1.68. The van der Waals surface area contributed by atoms with E-state index in [-0.39, 0.29) is 35.6 Å². The zero-order valence-electron chi connectivity index (χ0n) is 17.8. The van der Waals surface area contributed by atoms with Gasteiger partial charge in [-0.15, -0.1) is 0 Å². The third-order valence-corrected chi connectivity index (χ3v) is 5.55. The number of nitro groups is 1. The van der Waals surface area contributed by atoms with Crippen LogP contribution in [0.25, 0.3) is 0 Å². The molecule has 0 radical (unpaired) electrons. The van der Waals surface area contributed by atoms with Crippen LogP contribution in [-0.2, 0) is 0 Å². The van der Waals surface area contributed by atoms with E-state index < -0.39 is 10.8 Å². The smallest absolute Gasteiger partial charge is 0.311 e. The zero-order chi connectivity index (χ0) is 22.4. The number of nitrogens with zero attached hydrogens (tertiary/aromatic N) is 2. The molecule has 0 aliphatic heterocycles. The van der Waals surface area contributed by atoms with E-state index in [1.165, 1.54) is 24.6 Å². The number of hydrogen-bond donors (Lipinski definition) is 1. The van der Waals surface area contributed by atoms with Crippen molar-refractivity contribution in [3.05, 3.63) is 63.7 Å². The second-order valence-corrected chi connectivity index (χ2v) is 7.61. The lowest BCUT2D eigenvalue weighted by molar-refractivity contribution is -0.385. The molecule has 8 heteroatoms. The average Bonchev–Trinajstić information content (AvgIpc) is 2.79. The van der Waals surface area contributed by atoms with E-state index in [1.807, 2.05) is 11.9 Å². The zero-order valence-corrected chi connectivity index (χ0v) is 17.8. The van der Waals surface area contributed by atoms with E-state index in [0.29, 0.717) is 11.3 Å². The standard InChI is InChI=1S/C23H27N3O5/c1-3-31-21-14-11-17(15-20(21)26(29)30)22(27)24-18-12-9-16(10-13-18)23(28)25(2)19-7-5-4-6-8-19/h9-15,19H,3-8H2,1-2H3,(H,24,27). The normalized spacial score (nSPS) is 14.0. The maximum atomic E-state index is 12.7. The van der Waals surface area contributed by atoms with E-state index in [4.69, 9.17) is 4.74 Å². The molecule has 2 aromatic rings. The van der Waals surface area contributed by atoms with E-state index in [9.17, 15) is 19.7 Å². The van der Waals surface area contributed by atoms with Crippen molar-refractivity contribution in [3.63, 3.8) is 0 Å². The molecule has 1 aliphatic carbocycles. The molecule has 1 N–H and O–H groups in total. The number of nitro benzene ring substituents is 1. The maximum absolute atomic E-state index is 12.7. The summed E-state index contributed by atoms with van der Waals surface area (Å²) in [7, 11) is 1.84. The Morgan fingerprint density at radius 1 is 1.10 bits per heavy atom. The van der Waals surface area contributed by atoms with E-state index >= 15 is 0 Å². The summed E-state index contributed by atoms with van der Waals surface area (Å²) in [5.74, 6) is -0.398. The summed E-state index contributed by atoms with van der Waals surface area (Å²) in [6.07, 6.45) is 5.59. The third kappa shape index (κ3) is 5.39. The molecular formula is C23H27N3O5. The van der Waals surface area contributed by atoms with Gasteiger partial charge in [0.1, 0.15) is 0 Å². The van der Waals surface area contributed by atoms with Crippen molar-refractivity contribution >= 4 is 23.2 Å². The number of ether oxygens (including phenoxy) is 1. The van der Waals surface area contributed by atoms with Gasteiger partial charge in [0.05, 0.1) is 11.5 Å².